The van der Waals surface area contributed by atoms with Crippen LogP contribution >= 0.6 is 11.8 Å². The zero-order valence-electron chi connectivity index (χ0n) is 16.5. The number of hydrogen-bond donors (Lipinski definition) is 0. The molecule has 2 heterocycles. The Balaban J connectivity index is 1.69. The van der Waals surface area contributed by atoms with E-state index < -0.39 is 0 Å². The van der Waals surface area contributed by atoms with Gasteiger partial charge in [-0.25, -0.2) is 0 Å². The molecule has 0 spiro atoms. The first-order valence-electron chi connectivity index (χ1n) is 9.28. The summed E-state index contributed by atoms with van der Waals surface area (Å²) in [6.45, 7) is 2.68. The van der Waals surface area contributed by atoms with Gasteiger partial charge in [0.1, 0.15) is 0 Å². The van der Waals surface area contributed by atoms with E-state index >= 15 is 0 Å². The van der Waals surface area contributed by atoms with E-state index in [0.717, 1.165) is 28.5 Å². The number of hydrogen-bond acceptors (Lipinski definition) is 6. The van der Waals surface area contributed by atoms with Crippen molar-refractivity contribution in [1.29, 1.82) is 0 Å². The molecule has 0 fully saturated rings. The van der Waals surface area contributed by atoms with E-state index in [9.17, 15) is 4.79 Å². The second kappa shape index (κ2) is 8.16. The van der Waals surface area contributed by atoms with Gasteiger partial charge in [0.25, 0.3) is 0 Å². The van der Waals surface area contributed by atoms with Crippen LogP contribution in [0.5, 0.6) is 11.5 Å². The van der Waals surface area contributed by atoms with E-state index in [-0.39, 0.29) is 18.0 Å². The number of carbonyl (C=O) groups excluding carboxylic acids is 1. The fourth-order valence-electron chi connectivity index (χ4n) is 3.11. The van der Waals surface area contributed by atoms with Gasteiger partial charge < -0.3 is 14.4 Å². The van der Waals surface area contributed by atoms with Crippen LogP contribution in [0.1, 0.15) is 12.5 Å². The summed E-state index contributed by atoms with van der Waals surface area (Å²) in [5.74, 6) is 2.28. The van der Waals surface area contributed by atoms with Crippen molar-refractivity contribution in [3.63, 3.8) is 0 Å². The lowest BCUT2D eigenvalue weighted by atomic mass is 10.2. The number of carbonyl (C=O) groups is 1. The first-order chi connectivity index (χ1) is 14.0. The molecule has 1 amide bonds. The van der Waals surface area contributed by atoms with Gasteiger partial charge in [-0.15, -0.1) is 10.2 Å². The average Bonchev–Trinajstić information content (AvgIpc) is 3.35. The molecule has 0 bridgehead atoms. The first kappa shape index (κ1) is 19.3. The Bertz CT molecular complexity index is 1020. The van der Waals surface area contributed by atoms with Gasteiger partial charge in [0, 0.05) is 19.7 Å². The van der Waals surface area contributed by atoms with E-state index in [0.29, 0.717) is 11.7 Å². The number of fused-ring (bicyclic) bond motifs is 1. The standard InChI is InChI=1S/C21H22N4O3S/c1-14(20(26)24(2)3)29-21-23-22-19(16-7-5-4-6-8-16)25(21)12-15-9-10-17-18(11-15)28-13-27-17/h4-11,14H,12-13H2,1-3H3/t14-/m0/s1. The number of nitrogens with zero attached hydrogens (tertiary/aromatic N) is 4. The van der Waals surface area contributed by atoms with Crippen molar-refractivity contribution in [2.75, 3.05) is 20.9 Å². The molecule has 7 nitrogen and oxygen atoms in total. The molecule has 0 unspecified atom stereocenters. The molecular weight excluding hydrogens is 388 g/mol. The zero-order valence-corrected chi connectivity index (χ0v) is 17.3. The molecule has 0 saturated carbocycles. The molecule has 8 heteroatoms. The molecule has 0 radical (unpaired) electrons. The average molecular weight is 410 g/mol. The number of benzene rings is 2. The van der Waals surface area contributed by atoms with E-state index in [4.69, 9.17) is 9.47 Å². The van der Waals surface area contributed by atoms with Crippen molar-refractivity contribution in [1.82, 2.24) is 19.7 Å². The van der Waals surface area contributed by atoms with Gasteiger partial charge in [-0.2, -0.15) is 0 Å². The summed E-state index contributed by atoms with van der Waals surface area (Å²) in [5.41, 5.74) is 2.01. The van der Waals surface area contributed by atoms with Crippen LogP contribution in [0, 0.1) is 0 Å². The highest BCUT2D eigenvalue weighted by Crippen LogP contribution is 2.34. The summed E-state index contributed by atoms with van der Waals surface area (Å²) >= 11 is 1.41. The van der Waals surface area contributed by atoms with E-state index in [1.807, 2.05) is 60.0 Å². The van der Waals surface area contributed by atoms with Gasteiger partial charge in [-0.3, -0.25) is 9.36 Å². The van der Waals surface area contributed by atoms with Gasteiger partial charge in [0.05, 0.1) is 11.8 Å². The molecule has 150 valence electrons. The Morgan fingerprint density at radius 3 is 2.66 bits per heavy atom. The van der Waals surface area contributed by atoms with Crippen LogP contribution < -0.4 is 9.47 Å². The second-order valence-corrected chi connectivity index (χ2v) is 8.25. The van der Waals surface area contributed by atoms with E-state index in [2.05, 4.69) is 10.2 Å². The SMILES string of the molecule is C[C@H](Sc1nnc(-c2ccccc2)n1Cc1ccc2c(c1)OCO2)C(=O)N(C)C. The Labute approximate surface area is 173 Å². The summed E-state index contributed by atoms with van der Waals surface area (Å²) in [6.07, 6.45) is 0. The number of rotatable bonds is 6. The Hall–Kier alpha value is -3.00. The molecule has 0 saturated heterocycles. The Morgan fingerprint density at radius 1 is 1.14 bits per heavy atom. The fourth-order valence-corrected chi connectivity index (χ4v) is 4.11. The van der Waals surface area contributed by atoms with Gasteiger partial charge in [0.15, 0.2) is 22.5 Å². The molecular formula is C21H22N4O3S. The summed E-state index contributed by atoms with van der Waals surface area (Å²) < 4.78 is 13.0. The minimum atomic E-state index is -0.270. The number of ether oxygens (including phenoxy) is 2. The van der Waals surface area contributed by atoms with E-state index in [1.54, 1.807) is 19.0 Å². The minimum absolute atomic E-state index is 0.0360. The maximum atomic E-state index is 12.3. The van der Waals surface area contributed by atoms with Gasteiger partial charge >= 0.3 is 0 Å². The first-order valence-corrected chi connectivity index (χ1v) is 10.2. The topological polar surface area (TPSA) is 69.5 Å². The summed E-state index contributed by atoms with van der Waals surface area (Å²) in [6, 6.07) is 15.8. The molecule has 3 aromatic rings. The fraction of sp³-hybridized carbons (Fsp3) is 0.286. The van der Waals surface area contributed by atoms with Crippen LogP contribution in [0.2, 0.25) is 0 Å². The normalized spacial score (nSPS) is 13.3. The zero-order chi connectivity index (χ0) is 20.4. The van der Waals surface area contributed by atoms with Crippen molar-refractivity contribution in [2.24, 2.45) is 0 Å². The quantitative estimate of drug-likeness (QED) is 0.581. The van der Waals surface area contributed by atoms with Crippen LogP contribution in [0.15, 0.2) is 53.7 Å². The smallest absolute Gasteiger partial charge is 0.235 e. The third-order valence-electron chi connectivity index (χ3n) is 4.60. The highest BCUT2D eigenvalue weighted by molar-refractivity contribution is 8.00. The summed E-state index contributed by atoms with van der Waals surface area (Å²) in [7, 11) is 3.51. The van der Waals surface area contributed by atoms with Crippen molar-refractivity contribution >= 4 is 17.7 Å². The molecule has 0 N–H and O–H groups in total. The van der Waals surface area contributed by atoms with Gasteiger partial charge in [-0.1, -0.05) is 48.2 Å². The van der Waals surface area contributed by atoms with Crippen molar-refractivity contribution < 1.29 is 14.3 Å². The molecule has 29 heavy (non-hydrogen) atoms. The van der Waals surface area contributed by atoms with Crippen molar-refractivity contribution in [3.8, 4) is 22.9 Å². The number of aromatic nitrogens is 3. The number of thioether (sulfide) groups is 1. The highest BCUT2D eigenvalue weighted by Gasteiger charge is 2.22. The molecule has 1 aliphatic rings. The molecule has 4 rings (SSSR count). The third-order valence-corrected chi connectivity index (χ3v) is 5.67. The lowest BCUT2D eigenvalue weighted by molar-refractivity contribution is -0.127. The highest BCUT2D eigenvalue weighted by atomic mass is 32.2. The summed E-state index contributed by atoms with van der Waals surface area (Å²) in [5, 5.41) is 9.24. The molecule has 1 aromatic heterocycles. The predicted molar refractivity (Wildman–Crippen MR) is 111 cm³/mol. The molecule has 0 aliphatic carbocycles. The van der Waals surface area contributed by atoms with E-state index in [1.165, 1.54) is 11.8 Å². The lowest BCUT2D eigenvalue weighted by Crippen LogP contribution is -2.29. The third kappa shape index (κ3) is 4.07. The van der Waals surface area contributed by atoms with Crippen LogP contribution in [0.3, 0.4) is 0 Å². The Morgan fingerprint density at radius 2 is 1.90 bits per heavy atom. The maximum Gasteiger partial charge on any atom is 0.235 e. The molecule has 1 aliphatic heterocycles. The summed E-state index contributed by atoms with van der Waals surface area (Å²) in [4.78, 5) is 13.9. The monoisotopic (exact) mass is 410 g/mol. The van der Waals surface area contributed by atoms with Gasteiger partial charge in [-0.05, 0) is 24.6 Å². The van der Waals surface area contributed by atoms with Crippen molar-refractivity contribution in [2.45, 2.75) is 23.9 Å². The van der Waals surface area contributed by atoms with Gasteiger partial charge in [0.2, 0.25) is 12.7 Å². The van der Waals surface area contributed by atoms with Crippen LogP contribution in [-0.4, -0.2) is 51.7 Å². The minimum Gasteiger partial charge on any atom is -0.454 e. The van der Waals surface area contributed by atoms with Crippen LogP contribution in [0.4, 0.5) is 0 Å². The van der Waals surface area contributed by atoms with Crippen molar-refractivity contribution in [3.05, 3.63) is 54.1 Å². The molecule has 1 atom stereocenters. The van der Waals surface area contributed by atoms with Crippen LogP contribution in [0.25, 0.3) is 11.4 Å². The lowest BCUT2D eigenvalue weighted by Gasteiger charge is -2.17. The molecule has 2 aromatic carbocycles. The number of amides is 1. The predicted octanol–water partition coefficient (Wildman–Crippen LogP) is 3.29. The Kier molecular flexibility index (Phi) is 5.44. The maximum absolute atomic E-state index is 12.3. The second-order valence-electron chi connectivity index (χ2n) is 6.94. The van der Waals surface area contributed by atoms with Crippen LogP contribution in [-0.2, 0) is 11.3 Å². The largest absolute Gasteiger partial charge is 0.454 e.